The Morgan fingerprint density at radius 3 is 2.65 bits per heavy atom. The number of amides is 1. The first kappa shape index (κ1) is 23.7. The Kier molecular flexibility index (Phi) is 6.11. The van der Waals surface area contributed by atoms with Gasteiger partial charge in [0.15, 0.2) is 0 Å². The zero-order chi connectivity index (χ0) is 24.8. The van der Waals surface area contributed by atoms with Crippen LogP contribution in [0.5, 0.6) is 5.75 Å². The molecule has 2 N–H and O–H groups in total. The summed E-state index contributed by atoms with van der Waals surface area (Å²) in [6, 6.07) is 4.51. The lowest BCUT2D eigenvalue weighted by atomic mass is 9.87. The third-order valence-electron chi connectivity index (χ3n) is 5.78. The first-order chi connectivity index (χ1) is 16.0. The largest absolute Gasteiger partial charge is 0.495 e. The summed E-state index contributed by atoms with van der Waals surface area (Å²) in [7, 11) is 1.52. The molecule has 1 aliphatic rings. The maximum atomic E-state index is 12.8. The minimum absolute atomic E-state index is 0.205. The highest BCUT2D eigenvalue weighted by molar-refractivity contribution is 6.32. The number of nitrogens with one attached hydrogen (secondary N) is 2. The molecule has 1 fully saturated rings. The lowest BCUT2D eigenvalue weighted by Crippen LogP contribution is -2.43. The molecule has 4 rings (SSSR count). The number of H-pyrrole nitrogens is 1. The first-order valence-electron chi connectivity index (χ1n) is 10.8. The smallest absolute Gasteiger partial charge is 0.417 e. The number of ether oxygens (including phenoxy) is 2. The second-order valence-corrected chi connectivity index (χ2v) is 9.74. The number of pyridine rings is 1. The third-order valence-corrected chi connectivity index (χ3v) is 6.08. The summed E-state index contributed by atoms with van der Waals surface area (Å²) in [6.45, 7) is 9.86. The monoisotopic (exact) mass is 486 g/mol. The SMILES string of the molecule is COc1cc2[nH]c(=O)c([C@H](C)Nc3nc(C)nc(N4C(=O)OC[C@@H]4C(C)(C)C)n3)cc2cc1Cl. The van der Waals surface area contributed by atoms with E-state index in [0.29, 0.717) is 27.7 Å². The molecule has 180 valence electrons. The maximum absolute atomic E-state index is 12.8. The van der Waals surface area contributed by atoms with E-state index in [1.165, 1.54) is 12.0 Å². The van der Waals surface area contributed by atoms with E-state index in [4.69, 9.17) is 21.1 Å². The molecule has 1 aliphatic heterocycles. The van der Waals surface area contributed by atoms with Crippen molar-refractivity contribution in [2.45, 2.75) is 46.7 Å². The van der Waals surface area contributed by atoms with Crippen LogP contribution >= 0.6 is 11.6 Å². The number of nitrogens with zero attached hydrogens (tertiary/aromatic N) is 4. The molecule has 3 aromatic rings. The Labute approximate surface area is 201 Å². The molecule has 0 bridgehead atoms. The van der Waals surface area contributed by atoms with Crippen molar-refractivity contribution < 1.29 is 14.3 Å². The van der Waals surface area contributed by atoms with Crippen LogP contribution in [0, 0.1) is 12.3 Å². The number of carbonyl (C=O) groups excluding carboxylic acids is 1. The van der Waals surface area contributed by atoms with Gasteiger partial charge in [0.1, 0.15) is 18.2 Å². The van der Waals surface area contributed by atoms with Gasteiger partial charge in [-0.3, -0.25) is 4.79 Å². The predicted molar refractivity (Wildman–Crippen MR) is 130 cm³/mol. The second-order valence-electron chi connectivity index (χ2n) is 9.33. The highest BCUT2D eigenvalue weighted by atomic mass is 35.5. The minimum atomic E-state index is -0.497. The summed E-state index contributed by atoms with van der Waals surface area (Å²) in [5.74, 6) is 1.36. The van der Waals surface area contributed by atoms with Crippen molar-refractivity contribution in [3.63, 3.8) is 0 Å². The van der Waals surface area contributed by atoms with Gasteiger partial charge >= 0.3 is 6.09 Å². The summed E-state index contributed by atoms with van der Waals surface area (Å²) in [5, 5.41) is 4.36. The molecule has 0 saturated carbocycles. The molecule has 0 aliphatic carbocycles. The zero-order valence-electron chi connectivity index (χ0n) is 19.9. The highest BCUT2D eigenvalue weighted by Crippen LogP contribution is 2.33. The third kappa shape index (κ3) is 4.50. The van der Waals surface area contributed by atoms with Crippen LogP contribution in [0.25, 0.3) is 10.9 Å². The molecule has 34 heavy (non-hydrogen) atoms. The Morgan fingerprint density at radius 2 is 1.97 bits per heavy atom. The summed E-state index contributed by atoms with van der Waals surface area (Å²) < 4.78 is 10.5. The Hall–Kier alpha value is -3.40. The van der Waals surface area contributed by atoms with Crippen molar-refractivity contribution in [1.82, 2.24) is 19.9 Å². The number of fused-ring (bicyclic) bond motifs is 1. The molecular formula is C23H27ClN6O4. The van der Waals surface area contributed by atoms with E-state index in [1.54, 1.807) is 25.1 Å². The van der Waals surface area contributed by atoms with Crippen molar-refractivity contribution in [1.29, 1.82) is 0 Å². The van der Waals surface area contributed by atoms with Gasteiger partial charge in [-0.15, -0.1) is 0 Å². The van der Waals surface area contributed by atoms with Gasteiger partial charge in [-0.1, -0.05) is 32.4 Å². The summed E-state index contributed by atoms with van der Waals surface area (Å²) >= 11 is 6.26. The van der Waals surface area contributed by atoms with Crippen LogP contribution in [0.1, 0.15) is 45.1 Å². The van der Waals surface area contributed by atoms with Gasteiger partial charge in [-0.25, -0.2) is 9.69 Å². The van der Waals surface area contributed by atoms with Gasteiger partial charge in [0.05, 0.1) is 29.7 Å². The highest BCUT2D eigenvalue weighted by Gasteiger charge is 2.43. The van der Waals surface area contributed by atoms with Gasteiger partial charge in [-0.05, 0) is 31.4 Å². The van der Waals surface area contributed by atoms with E-state index in [2.05, 4.69) is 25.3 Å². The van der Waals surface area contributed by atoms with Crippen LogP contribution in [0.15, 0.2) is 23.0 Å². The maximum Gasteiger partial charge on any atom is 0.417 e. The fourth-order valence-corrected chi connectivity index (χ4v) is 4.14. The van der Waals surface area contributed by atoms with Crippen LogP contribution in [0.3, 0.4) is 0 Å². The minimum Gasteiger partial charge on any atom is -0.495 e. The number of aromatic nitrogens is 4. The average molecular weight is 487 g/mol. The number of hydrogen-bond acceptors (Lipinski definition) is 8. The van der Waals surface area contributed by atoms with Crippen LogP contribution < -0.4 is 20.5 Å². The zero-order valence-corrected chi connectivity index (χ0v) is 20.6. The number of aromatic amines is 1. The molecule has 0 spiro atoms. The number of benzene rings is 1. The molecule has 2 atom stereocenters. The number of halogens is 1. The van der Waals surface area contributed by atoms with Gasteiger partial charge in [0.2, 0.25) is 11.9 Å². The molecule has 11 heteroatoms. The Bertz CT molecular complexity index is 1320. The van der Waals surface area contributed by atoms with Crippen LogP contribution in [-0.4, -0.2) is 45.8 Å². The molecule has 1 amide bonds. The van der Waals surface area contributed by atoms with Crippen molar-refractivity contribution >= 4 is 40.5 Å². The van der Waals surface area contributed by atoms with Crippen LogP contribution in [0.4, 0.5) is 16.7 Å². The van der Waals surface area contributed by atoms with Gasteiger partial charge < -0.3 is 19.8 Å². The van der Waals surface area contributed by atoms with E-state index in [9.17, 15) is 9.59 Å². The lowest BCUT2D eigenvalue weighted by molar-refractivity contribution is 0.172. The normalized spacial score (nSPS) is 17.1. The Balaban J connectivity index is 1.66. The fraction of sp³-hybridized carbons (Fsp3) is 0.435. The molecule has 1 saturated heterocycles. The number of rotatable bonds is 5. The van der Waals surface area contributed by atoms with Crippen molar-refractivity contribution in [2.75, 3.05) is 23.9 Å². The van der Waals surface area contributed by atoms with E-state index in [0.717, 1.165) is 5.39 Å². The lowest BCUT2D eigenvalue weighted by Gasteiger charge is -2.30. The number of anilines is 2. The molecule has 0 radical (unpaired) electrons. The van der Waals surface area contributed by atoms with Crippen molar-refractivity contribution in [3.8, 4) is 5.75 Å². The number of hydrogen-bond donors (Lipinski definition) is 2. The van der Waals surface area contributed by atoms with E-state index in [1.807, 2.05) is 27.7 Å². The van der Waals surface area contributed by atoms with Gasteiger partial charge in [0.25, 0.3) is 5.56 Å². The number of cyclic esters (lactones) is 1. The fourth-order valence-electron chi connectivity index (χ4n) is 3.89. The van der Waals surface area contributed by atoms with E-state index in [-0.39, 0.29) is 35.5 Å². The average Bonchev–Trinajstić information content (AvgIpc) is 3.14. The quantitative estimate of drug-likeness (QED) is 0.549. The topological polar surface area (TPSA) is 122 Å². The molecule has 3 heterocycles. The van der Waals surface area contributed by atoms with Gasteiger partial charge in [-0.2, -0.15) is 15.0 Å². The van der Waals surface area contributed by atoms with E-state index < -0.39 is 12.1 Å². The van der Waals surface area contributed by atoms with Crippen molar-refractivity contribution in [3.05, 3.63) is 45.0 Å². The first-order valence-corrected chi connectivity index (χ1v) is 11.2. The van der Waals surface area contributed by atoms with Crippen LogP contribution in [0.2, 0.25) is 5.02 Å². The molecule has 2 aromatic heterocycles. The Morgan fingerprint density at radius 1 is 1.24 bits per heavy atom. The number of methoxy groups -OCH3 is 1. The summed E-state index contributed by atoms with van der Waals surface area (Å²) in [6.07, 6.45) is -0.497. The number of carbonyl (C=O) groups is 1. The molecule has 0 unspecified atom stereocenters. The summed E-state index contributed by atoms with van der Waals surface area (Å²) in [5.41, 5.74) is 0.581. The molecular weight excluding hydrogens is 460 g/mol. The number of aryl methyl sites for hydroxylation is 1. The molecule has 10 nitrogen and oxygen atoms in total. The van der Waals surface area contributed by atoms with Gasteiger partial charge in [0, 0.05) is 17.0 Å². The standard InChI is InChI=1S/C23H27ClN6O4/c1-11(14-7-13-8-15(24)17(33-6)9-16(13)28-19(14)31)25-20-26-12(2)27-21(29-20)30-18(23(3,4)5)10-34-22(30)32/h7-9,11,18H,10H2,1-6H3,(H,28,31)(H,25,26,27,29)/t11-,18+/m0/s1. The summed E-state index contributed by atoms with van der Waals surface area (Å²) in [4.78, 5) is 42.8. The second kappa shape index (κ2) is 8.75. The van der Waals surface area contributed by atoms with Crippen LogP contribution in [-0.2, 0) is 4.74 Å². The predicted octanol–water partition coefficient (Wildman–Crippen LogP) is 4.23. The van der Waals surface area contributed by atoms with Crippen molar-refractivity contribution in [2.24, 2.45) is 5.41 Å². The molecule has 1 aromatic carbocycles. The van der Waals surface area contributed by atoms with E-state index >= 15 is 0 Å².